The lowest BCUT2D eigenvalue weighted by Gasteiger charge is -2.08. The van der Waals surface area contributed by atoms with Crippen molar-refractivity contribution in [2.24, 2.45) is 0 Å². The average Bonchev–Trinajstić information content (AvgIpc) is 2.55. The van der Waals surface area contributed by atoms with Gasteiger partial charge in [-0.2, -0.15) is 0 Å². The smallest absolute Gasteiger partial charge is 0.343 e. The highest BCUT2D eigenvalue weighted by Crippen LogP contribution is 2.27. The summed E-state index contributed by atoms with van der Waals surface area (Å²) in [6.45, 7) is 1.51. The number of hydrogen-bond donors (Lipinski definition) is 0. The molecule has 0 saturated carbocycles. The van der Waals surface area contributed by atoms with Crippen molar-refractivity contribution in [2.75, 3.05) is 0 Å². The number of ether oxygens (including phenoxy) is 1. The molecule has 3 aromatic carbocycles. The normalized spacial score (nSPS) is 10.4. The van der Waals surface area contributed by atoms with Crippen molar-refractivity contribution in [1.82, 2.24) is 0 Å². The number of carbonyl (C=O) groups excluding carboxylic acids is 2. The molecule has 0 aromatic heterocycles. The van der Waals surface area contributed by atoms with Gasteiger partial charge in [0.2, 0.25) is 0 Å². The molecule has 3 heteroatoms. The Labute approximate surface area is 128 Å². The minimum atomic E-state index is -0.415. The molecule has 3 rings (SSSR count). The second kappa shape index (κ2) is 5.82. The summed E-state index contributed by atoms with van der Waals surface area (Å²) in [6, 6.07) is 19.7. The molecule has 0 atom stereocenters. The van der Waals surface area contributed by atoms with Gasteiger partial charge in [0, 0.05) is 10.9 Å². The number of hydrogen-bond acceptors (Lipinski definition) is 3. The minimum absolute atomic E-state index is 0.0221. The van der Waals surface area contributed by atoms with Gasteiger partial charge in [-0.25, -0.2) is 4.79 Å². The van der Waals surface area contributed by atoms with Crippen LogP contribution in [-0.4, -0.2) is 11.8 Å². The van der Waals surface area contributed by atoms with Crippen LogP contribution in [0.25, 0.3) is 10.8 Å². The molecule has 0 aliphatic rings. The zero-order valence-corrected chi connectivity index (χ0v) is 12.1. The predicted octanol–water partition coefficient (Wildman–Crippen LogP) is 4.26. The number of esters is 1. The third-order valence-electron chi connectivity index (χ3n) is 3.46. The quantitative estimate of drug-likeness (QED) is 0.411. The molecular weight excluding hydrogens is 276 g/mol. The lowest BCUT2D eigenvalue weighted by Crippen LogP contribution is -2.08. The summed E-state index contributed by atoms with van der Waals surface area (Å²) in [5.74, 6) is 0.0156. The fourth-order valence-electron chi connectivity index (χ4n) is 2.28. The first-order valence-electron chi connectivity index (χ1n) is 6.96. The SMILES string of the molecule is CC(=O)c1ccc2cccc(OC(=O)c3ccccc3)c2c1. The molecule has 0 radical (unpaired) electrons. The lowest BCUT2D eigenvalue weighted by atomic mass is 10.0. The predicted molar refractivity (Wildman–Crippen MR) is 85.4 cm³/mol. The van der Waals surface area contributed by atoms with Gasteiger partial charge in [-0.1, -0.05) is 42.5 Å². The summed E-state index contributed by atoms with van der Waals surface area (Å²) in [5, 5.41) is 1.67. The summed E-state index contributed by atoms with van der Waals surface area (Å²) in [6.07, 6.45) is 0. The van der Waals surface area contributed by atoms with E-state index in [9.17, 15) is 9.59 Å². The van der Waals surface area contributed by atoms with Crippen LogP contribution in [0.1, 0.15) is 27.6 Å². The molecule has 3 aromatic rings. The van der Waals surface area contributed by atoms with E-state index in [2.05, 4.69) is 0 Å². The van der Waals surface area contributed by atoms with Gasteiger partial charge in [0.1, 0.15) is 5.75 Å². The van der Waals surface area contributed by atoms with Gasteiger partial charge in [0.25, 0.3) is 0 Å². The van der Waals surface area contributed by atoms with Crippen LogP contribution >= 0.6 is 0 Å². The van der Waals surface area contributed by atoms with E-state index < -0.39 is 5.97 Å². The van der Waals surface area contributed by atoms with Gasteiger partial charge in [0.05, 0.1) is 5.56 Å². The zero-order chi connectivity index (χ0) is 15.5. The van der Waals surface area contributed by atoms with E-state index in [-0.39, 0.29) is 5.78 Å². The Morgan fingerprint density at radius 2 is 1.59 bits per heavy atom. The molecule has 0 aliphatic carbocycles. The van der Waals surface area contributed by atoms with Crippen molar-refractivity contribution in [2.45, 2.75) is 6.92 Å². The van der Waals surface area contributed by atoms with Crippen LogP contribution in [0.3, 0.4) is 0 Å². The van der Waals surface area contributed by atoms with E-state index in [1.165, 1.54) is 6.92 Å². The lowest BCUT2D eigenvalue weighted by molar-refractivity contribution is 0.0737. The van der Waals surface area contributed by atoms with E-state index in [1.807, 2.05) is 24.3 Å². The van der Waals surface area contributed by atoms with Crippen molar-refractivity contribution in [3.05, 3.63) is 77.9 Å². The Kier molecular flexibility index (Phi) is 3.71. The Balaban J connectivity index is 2.01. The number of rotatable bonds is 3. The first-order valence-corrected chi connectivity index (χ1v) is 6.96. The fraction of sp³-hybridized carbons (Fsp3) is 0.0526. The second-order valence-corrected chi connectivity index (χ2v) is 5.00. The van der Waals surface area contributed by atoms with E-state index in [1.54, 1.807) is 42.5 Å². The zero-order valence-electron chi connectivity index (χ0n) is 12.1. The Bertz CT molecular complexity index is 851. The molecule has 0 aliphatic heterocycles. The van der Waals surface area contributed by atoms with Crippen molar-refractivity contribution < 1.29 is 14.3 Å². The van der Waals surface area contributed by atoms with E-state index in [0.717, 1.165) is 10.8 Å². The Morgan fingerprint density at radius 1 is 0.818 bits per heavy atom. The van der Waals surface area contributed by atoms with Gasteiger partial charge in [-0.15, -0.1) is 0 Å². The standard InChI is InChI=1S/C19H14O3/c1-13(20)16-11-10-14-8-5-9-18(17(14)12-16)22-19(21)15-6-3-2-4-7-15/h2-12H,1H3. The van der Waals surface area contributed by atoms with Gasteiger partial charge in [-0.05, 0) is 36.6 Å². The second-order valence-electron chi connectivity index (χ2n) is 5.00. The van der Waals surface area contributed by atoms with E-state index in [4.69, 9.17) is 4.74 Å². The highest BCUT2D eigenvalue weighted by molar-refractivity contribution is 6.01. The number of benzene rings is 3. The first-order chi connectivity index (χ1) is 10.6. The molecule has 0 spiro atoms. The van der Waals surface area contributed by atoms with Crippen molar-refractivity contribution in [3.8, 4) is 5.75 Å². The van der Waals surface area contributed by atoms with Crippen LogP contribution in [0.15, 0.2) is 66.7 Å². The molecular formula is C19H14O3. The van der Waals surface area contributed by atoms with E-state index in [0.29, 0.717) is 16.9 Å². The molecule has 3 nitrogen and oxygen atoms in total. The van der Waals surface area contributed by atoms with Crippen molar-refractivity contribution in [3.63, 3.8) is 0 Å². The Hall–Kier alpha value is -2.94. The highest BCUT2D eigenvalue weighted by atomic mass is 16.5. The topological polar surface area (TPSA) is 43.4 Å². The summed E-state index contributed by atoms with van der Waals surface area (Å²) >= 11 is 0. The van der Waals surface area contributed by atoms with Crippen LogP contribution in [-0.2, 0) is 0 Å². The van der Waals surface area contributed by atoms with Crippen LogP contribution in [0.4, 0.5) is 0 Å². The van der Waals surface area contributed by atoms with E-state index >= 15 is 0 Å². The first kappa shape index (κ1) is 14.0. The van der Waals surface area contributed by atoms with Crippen LogP contribution in [0.2, 0.25) is 0 Å². The maximum atomic E-state index is 12.2. The summed E-state index contributed by atoms with van der Waals surface area (Å²) in [4.78, 5) is 23.7. The third-order valence-corrected chi connectivity index (χ3v) is 3.46. The molecule has 0 N–H and O–H groups in total. The number of fused-ring (bicyclic) bond motifs is 1. The molecule has 0 amide bonds. The van der Waals surface area contributed by atoms with Gasteiger partial charge in [-0.3, -0.25) is 4.79 Å². The van der Waals surface area contributed by atoms with Crippen molar-refractivity contribution in [1.29, 1.82) is 0 Å². The molecule has 22 heavy (non-hydrogen) atoms. The molecule has 0 saturated heterocycles. The molecule has 0 bridgehead atoms. The van der Waals surface area contributed by atoms with Gasteiger partial charge in [0.15, 0.2) is 5.78 Å². The van der Waals surface area contributed by atoms with Crippen LogP contribution in [0, 0.1) is 0 Å². The molecule has 0 heterocycles. The monoisotopic (exact) mass is 290 g/mol. The third kappa shape index (κ3) is 2.74. The molecule has 0 unspecified atom stereocenters. The van der Waals surface area contributed by atoms with Gasteiger partial charge < -0.3 is 4.74 Å². The maximum absolute atomic E-state index is 12.2. The minimum Gasteiger partial charge on any atom is -0.422 e. The summed E-state index contributed by atoms with van der Waals surface area (Å²) in [5.41, 5.74) is 1.08. The highest BCUT2D eigenvalue weighted by Gasteiger charge is 2.11. The largest absolute Gasteiger partial charge is 0.422 e. The molecule has 0 fully saturated rings. The van der Waals surface area contributed by atoms with Crippen molar-refractivity contribution >= 4 is 22.5 Å². The Morgan fingerprint density at radius 3 is 2.32 bits per heavy atom. The summed E-state index contributed by atoms with van der Waals surface area (Å²) in [7, 11) is 0. The summed E-state index contributed by atoms with van der Waals surface area (Å²) < 4.78 is 5.50. The number of ketones is 1. The van der Waals surface area contributed by atoms with Crippen LogP contribution < -0.4 is 4.74 Å². The maximum Gasteiger partial charge on any atom is 0.343 e. The average molecular weight is 290 g/mol. The van der Waals surface area contributed by atoms with Gasteiger partial charge >= 0.3 is 5.97 Å². The molecule has 108 valence electrons. The number of Topliss-reactive ketones (excluding diaryl/α,β-unsaturated/α-hetero) is 1. The number of carbonyl (C=O) groups is 2. The van der Waals surface area contributed by atoms with Crippen LogP contribution in [0.5, 0.6) is 5.75 Å². The fourth-order valence-corrected chi connectivity index (χ4v) is 2.28.